The maximum absolute atomic E-state index is 12.6. The van der Waals surface area contributed by atoms with Gasteiger partial charge >= 0.3 is 15.5 Å². The molecule has 0 aromatic carbocycles. The lowest BCUT2D eigenvalue weighted by molar-refractivity contribution is -0.0494. The van der Waals surface area contributed by atoms with Crippen LogP contribution in [-0.4, -0.2) is 55.4 Å². The second-order valence-corrected chi connectivity index (χ2v) is 10.1. The van der Waals surface area contributed by atoms with Crippen molar-refractivity contribution in [2.45, 2.75) is 51.2 Å². The van der Waals surface area contributed by atoms with Crippen LogP contribution in [-0.2, 0) is 23.0 Å². The molecule has 168 valence electrons. The Labute approximate surface area is 190 Å². The van der Waals surface area contributed by atoms with Gasteiger partial charge in [-0.05, 0) is 18.8 Å². The lowest BCUT2D eigenvalue weighted by Crippen LogP contribution is -2.51. The third-order valence-electron chi connectivity index (χ3n) is 4.27. The Bertz CT molecular complexity index is 776. The molecule has 1 fully saturated rings. The molecule has 1 aliphatic rings. The van der Waals surface area contributed by atoms with E-state index in [1.807, 2.05) is 6.20 Å². The fourth-order valence-corrected chi connectivity index (χ4v) is 4.88. The number of aromatic nitrogens is 1. The van der Waals surface area contributed by atoms with Gasteiger partial charge in [-0.25, -0.2) is 13.4 Å². The van der Waals surface area contributed by atoms with Crippen molar-refractivity contribution in [2.24, 2.45) is 10.9 Å². The van der Waals surface area contributed by atoms with E-state index in [2.05, 4.69) is 34.5 Å². The lowest BCUT2D eigenvalue weighted by atomic mass is 10.1. The molecule has 0 unspecified atom stereocenters. The predicted octanol–water partition coefficient (Wildman–Crippen LogP) is 2.94. The number of hydrogen-bond acceptors (Lipinski definition) is 5. The summed E-state index contributed by atoms with van der Waals surface area (Å²) in [6, 6.07) is -0.149. The minimum absolute atomic E-state index is 0. The first kappa shape index (κ1) is 26.4. The third-order valence-corrected chi connectivity index (χ3v) is 6.91. The quantitative estimate of drug-likeness (QED) is 0.313. The first-order valence-corrected chi connectivity index (χ1v) is 11.3. The van der Waals surface area contributed by atoms with E-state index < -0.39 is 15.5 Å². The summed E-state index contributed by atoms with van der Waals surface area (Å²) in [5, 5.41) is 7.39. The largest absolute Gasteiger partial charge is 0.511 e. The summed E-state index contributed by atoms with van der Waals surface area (Å²) >= 11 is 1.63. The van der Waals surface area contributed by atoms with Crippen molar-refractivity contribution >= 4 is 51.3 Å². The van der Waals surface area contributed by atoms with Crippen molar-refractivity contribution in [1.82, 2.24) is 19.9 Å². The van der Waals surface area contributed by atoms with Gasteiger partial charge in [0, 0.05) is 43.7 Å². The molecule has 0 bridgehead atoms. The van der Waals surface area contributed by atoms with E-state index in [0.717, 1.165) is 16.3 Å². The average Bonchev–Trinajstić information content (AvgIpc) is 3.04. The monoisotopic (exact) mass is 569 g/mol. The smallest absolute Gasteiger partial charge is 0.354 e. The van der Waals surface area contributed by atoms with Crippen LogP contribution in [0.5, 0.6) is 0 Å². The van der Waals surface area contributed by atoms with Crippen LogP contribution >= 0.6 is 35.3 Å². The number of sulfonamides is 1. The molecular weight excluding hydrogens is 542 g/mol. The molecule has 0 radical (unpaired) electrons. The SMILES string of the molecule is CN=C(NCc1cnc(CC(C)C)s1)NC1CCN(S(=O)(=O)C(F)(F)F)CC1.I. The van der Waals surface area contributed by atoms with Crippen LogP contribution in [0.1, 0.15) is 36.6 Å². The molecule has 1 aromatic rings. The van der Waals surface area contributed by atoms with E-state index in [9.17, 15) is 21.6 Å². The number of halogens is 4. The number of nitrogens with zero attached hydrogens (tertiary/aromatic N) is 3. The zero-order valence-electron chi connectivity index (χ0n) is 16.5. The maximum atomic E-state index is 12.6. The van der Waals surface area contributed by atoms with Gasteiger partial charge < -0.3 is 10.6 Å². The van der Waals surface area contributed by atoms with Crippen LogP contribution < -0.4 is 10.6 Å². The Kier molecular flexibility index (Phi) is 10.1. The summed E-state index contributed by atoms with van der Waals surface area (Å²) in [7, 11) is -3.65. The molecule has 0 aliphatic carbocycles. The molecule has 2 N–H and O–H groups in total. The van der Waals surface area contributed by atoms with Crippen LogP contribution in [0.2, 0.25) is 0 Å². The lowest BCUT2D eigenvalue weighted by Gasteiger charge is -2.32. The number of aliphatic imine (C=N–C) groups is 1. The summed E-state index contributed by atoms with van der Waals surface area (Å²) in [6.07, 6.45) is 3.30. The molecule has 0 spiro atoms. The molecule has 1 aromatic heterocycles. The maximum Gasteiger partial charge on any atom is 0.511 e. The summed E-state index contributed by atoms with van der Waals surface area (Å²) in [5.74, 6) is 1.06. The van der Waals surface area contributed by atoms with Crippen molar-refractivity contribution in [1.29, 1.82) is 0 Å². The molecule has 1 aliphatic heterocycles. The molecule has 0 amide bonds. The van der Waals surface area contributed by atoms with Crippen molar-refractivity contribution in [3.8, 4) is 0 Å². The highest BCUT2D eigenvalue weighted by Crippen LogP contribution is 2.28. The van der Waals surface area contributed by atoms with Gasteiger partial charge in [0.2, 0.25) is 0 Å². The van der Waals surface area contributed by atoms with E-state index in [4.69, 9.17) is 0 Å². The summed E-state index contributed by atoms with van der Waals surface area (Å²) < 4.78 is 61.3. The van der Waals surface area contributed by atoms with Crippen LogP contribution in [0.3, 0.4) is 0 Å². The van der Waals surface area contributed by atoms with E-state index in [1.165, 1.54) is 0 Å². The predicted molar refractivity (Wildman–Crippen MR) is 119 cm³/mol. The fourth-order valence-electron chi connectivity index (χ4n) is 2.82. The van der Waals surface area contributed by atoms with Gasteiger partial charge in [-0.3, -0.25) is 4.99 Å². The Morgan fingerprint density at radius 2 is 2.00 bits per heavy atom. The molecule has 1 saturated heterocycles. The van der Waals surface area contributed by atoms with Gasteiger partial charge in [0.1, 0.15) is 0 Å². The summed E-state index contributed by atoms with van der Waals surface area (Å²) in [4.78, 5) is 9.58. The third kappa shape index (κ3) is 7.51. The van der Waals surface area contributed by atoms with Gasteiger partial charge in [-0.15, -0.1) is 35.3 Å². The highest BCUT2D eigenvalue weighted by molar-refractivity contribution is 14.0. The van der Waals surface area contributed by atoms with Crippen molar-refractivity contribution in [2.75, 3.05) is 20.1 Å². The minimum atomic E-state index is -5.26. The molecule has 2 heterocycles. The van der Waals surface area contributed by atoms with E-state index in [0.29, 0.717) is 22.7 Å². The Hall–Kier alpha value is -0.670. The van der Waals surface area contributed by atoms with E-state index >= 15 is 0 Å². The average molecular weight is 569 g/mol. The first-order chi connectivity index (χ1) is 13.0. The highest BCUT2D eigenvalue weighted by Gasteiger charge is 2.50. The molecule has 29 heavy (non-hydrogen) atoms. The van der Waals surface area contributed by atoms with Crippen LogP contribution in [0.25, 0.3) is 0 Å². The van der Waals surface area contributed by atoms with Gasteiger partial charge in [0.25, 0.3) is 0 Å². The summed E-state index contributed by atoms with van der Waals surface area (Å²) in [6.45, 7) is 4.46. The summed E-state index contributed by atoms with van der Waals surface area (Å²) in [5.41, 5.74) is -5.26. The molecule has 0 atom stereocenters. The topological polar surface area (TPSA) is 86.7 Å². The molecule has 0 saturated carbocycles. The first-order valence-electron chi connectivity index (χ1n) is 9.00. The standard InChI is InChI=1S/C16H26F3N5O2S2.HI/c1-11(2)8-14-21-9-13(27-14)10-22-15(20-3)23-12-4-6-24(7-5-12)28(25,26)16(17,18)19;/h9,11-12H,4-8,10H2,1-3H3,(H2,20,22,23);1H. The van der Waals surface area contributed by atoms with Crippen molar-refractivity contribution in [3.05, 3.63) is 16.1 Å². The van der Waals surface area contributed by atoms with Gasteiger partial charge in [-0.1, -0.05) is 13.8 Å². The number of hydrogen-bond donors (Lipinski definition) is 2. The van der Waals surface area contributed by atoms with Crippen LogP contribution in [0.4, 0.5) is 13.2 Å². The second-order valence-electron chi connectivity index (χ2n) is 7.01. The number of guanidine groups is 1. The number of rotatable bonds is 6. The molecule has 2 rings (SSSR count). The zero-order chi connectivity index (χ0) is 20.9. The molecule has 13 heteroatoms. The van der Waals surface area contributed by atoms with Gasteiger partial charge in [0.15, 0.2) is 5.96 Å². The number of thiazole rings is 1. The van der Waals surface area contributed by atoms with Crippen molar-refractivity contribution in [3.63, 3.8) is 0 Å². The number of piperidine rings is 1. The van der Waals surface area contributed by atoms with Gasteiger partial charge in [0.05, 0.1) is 11.6 Å². The van der Waals surface area contributed by atoms with Gasteiger partial charge in [-0.2, -0.15) is 17.5 Å². The molecular formula is C16H27F3IN5O2S2. The number of alkyl halides is 3. The highest BCUT2D eigenvalue weighted by atomic mass is 127. The zero-order valence-corrected chi connectivity index (χ0v) is 20.5. The second kappa shape index (κ2) is 11.1. The normalized spacial score (nSPS) is 17.3. The Morgan fingerprint density at radius 1 is 1.38 bits per heavy atom. The van der Waals surface area contributed by atoms with Crippen LogP contribution in [0.15, 0.2) is 11.2 Å². The number of nitrogens with one attached hydrogen (secondary N) is 2. The van der Waals surface area contributed by atoms with E-state index in [1.54, 1.807) is 18.4 Å². The van der Waals surface area contributed by atoms with E-state index in [-0.39, 0.29) is 55.9 Å². The Morgan fingerprint density at radius 3 is 2.52 bits per heavy atom. The minimum Gasteiger partial charge on any atom is -0.354 e. The van der Waals surface area contributed by atoms with Crippen LogP contribution in [0, 0.1) is 5.92 Å². The molecule has 7 nitrogen and oxygen atoms in total. The Balaban J connectivity index is 0.00000420. The van der Waals surface area contributed by atoms with Crippen molar-refractivity contribution < 1.29 is 21.6 Å². The fraction of sp³-hybridized carbons (Fsp3) is 0.750.